The number of alkyl halides is 3. The van der Waals surface area contributed by atoms with Gasteiger partial charge in [-0.25, -0.2) is 9.97 Å². The third kappa shape index (κ3) is 5.20. The lowest BCUT2D eigenvalue weighted by Gasteiger charge is -2.06. The lowest BCUT2D eigenvalue weighted by Crippen LogP contribution is -2.14. The quantitative estimate of drug-likeness (QED) is 0.591. The number of thioether (sulfide) groups is 1. The van der Waals surface area contributed by atoms with Gasteiger partial charge in [-0.3, -0.25) is 9.59 Å². The van der Waals surface area contributed by atoms with Crippen LogP contribution in [0.25, 0.3) is 10.2 Å². The van der Waals surface area contributed by atoms with E-state index >= 15 is 0 Å². The number of aromatic nitrogens is 2. The van der Waals surface area contributed by atoms with Gasteiger partial charge in [0, 0.05) is 18.8 Å². The zero-order valence-electron chi connectivity index (χ0n) is 14.3. The number of anilines is 2. The third-order valence-electron chi connectivity index (χ3n) is 3.37. The van der Waals surface area contributed by atoms with Crippen LogP contribution in [0.15, 0.2) is 41.6 Å². The van der Waals surface area contributed by atoms with E-state index in [1.807, 2.05) is 0 Å². The zero-order valence-corrected chi connectivity index (χ0v) is 16.0. The van der Waals surface area contributed by atoms with E-state index in [9.17, 15) is 22.8 Å². The predicted molar refractivity (Wildman–Crippen MR) is 103 cm³/mol. The van der Waals surface area contributed by atoms with Crippen molar-refractivity contribution in [3.8, 4) is 0 Å². The van der Waals surface area contributed by atoms with Crippen LogP contribution in [-0.4, -0.2) is 27.5 Å². The topological polar surface area (TPSA) is 84.0 Å². The Balaban J connectivity index is 1.59. The van der Waals surface area contributed by atoms with Crippen LogP contribution in [0.5, 0.6) is 0 Å². The number of hydrogen-bond donors (Lipinski definition) is 2. The van der Waals surface area contributed by atoms with Crippen molar-refractivity contribution >= 4 is 55.9 Å². The molecule has 0 atom stereocenters. The van der Waals surface area contributed by atoms with Crippen molar-refractivity contribution in [2.24, 2.45) is 0 Å². The van der Waals surface area contributed by atoms with Crippen molar-refractivity contribution in [3.63, 3.8) is 0 Å². The molecular formula is C17H13F3N4O2S2. The van der Waals surface area contributed by atoms with E-state index in [0.29, 0.717) is 21.4 Å². The molecule has 0 saturated heterocycles. The van der Waals surface area contributed by atoms with Gasteiger partial charge in [-0.1, -0.05) is 23.1 Å². The molecule has 11 heteroatoms. The van der Waals surface area contributed by atoms with Crippen LogP contribution in [-0.2, 0) is 15.8 Å². The van der Waals surface area contributed by atoms with Crippen LogP contribution in [0.1, 0.15) is 12.5 Å². The molecule has 0 radical (unpaired) electrons. The van der Waals surface area contributed by atoms with E-state index < -0.39 is 11.7 Å². The molecule has 0 fully saturated rings. The van der Waals surface area contributed by atoms with E-state index in [0.717, 1.165) is 28.7 Å². The first-order valence-corrected chi connectivity index (χ1v) is 9.65. The van der Waals surface area contributed by atoms with Crippen molar-refractivity contribution < 1.29 is 22.8 Å². The summed E-state index contributed by atoms with van der Waals surface area (Å²) in [6.45, 7) is 1.41. The maximum absolute atomic E-state index is 12.5. The molecule has 0 unspecified atom stereocenters. The fourth-order valence-corrected chi connectivity index (χ4v) is 3.75. The van der Waals surface area contributed by atoms with Gasteiger partial charge in [0.2, 0.25) is 11.8 Å². The van der Waals surface area contributed by atoms with E-state index in [1.54, 1.807) is 18.2 Å². The van der Waals surface area contributed by atoms with Gasteiger partial charge in [0.25, 0.3) is 0 Å². The Morgan fingerprint density at radius 3 is 2.61 bits per heavy atom. The van der Waals surface area contributed by atoms with Gasteiger partial charge in [-0.2, -0.15) is 13.2 Å². The van der Waals surface area contributed by atoms with Gasteiger partial charge in [0.1, 0.15) is 0 Å². The van der Waals surface area contributed by atoms with Crippen molar-refractivity contribution in [3.05, 3.63) is 42.1 Å². The first-order valence-electron chi connectivity index (χ1n) is 7.85. The Bertz CT molecular complexity index is 1020. The monoisotopic (exact) mass is 426 g/mol. The molecule has 28 heavy (non-hydrogen) atoms. The summed E-state index contributed by atoms with van der Waals surface area (Å²) in [5.41, 5.74) is 0.464. The number of thiazole rings is 1. The van der Waals surface area contributed by atoms with Gasteiger partial charge < -0.3 is 10.6 Å². The van der Waals surface area contributed by atoms with Crippen molar-refractivity contribution in [2.45, 2.75) is 18.1 Å². The molecule has 2 N–H and O–H groups in total. The normalized spacial score (nSPS) is 11.4. The van der Waals surface area contributed by atoms with Crippen molar-refractivity contribution in [1.82, 2.24) is 9.97 Å². The van der Waals surface area contributed by atoms with Crippen LogP contribution >= 0.6 is 23.1 Å². The summed E-state index contributed by atoms with van der Waals surface area (Å²) in [4.78, 5) is 31.2. The highest BCUT2D eigenvalue weighted by Crippen LogP contribution is 2.30. The number of nitrogens with one attached hydrogen (secondary N) is 2. The number of nitrogens with zero attached hydrogens (tertiary/aromatic N) is 2. The second-order valence-electron chi connectivity index (χ2n) is 5.60. The van der Waals surface area contributed by atoms with Crippen molar-refractivity contribution in [2.75, 3.05) is 16.4 Å². The number of halogens is 3. The highest BCUT2D eigenvalue weighted by Gasteiger charge is 2.30. The maximum Gasteiger partial charge on any atom is 0.417 e. The molecule has 1 aromatic carbocycles. The Kier molecular flexibility index (Phi) is 5.84. The van der Waals surface area contributed by atoms with E-state index in [1.165, 1.54) is 24.3 Å². The smallest absolute Gasteiger partial charge is 0.326 e. The maximum atomic E-state index is 12.5. The fourth-order valence-electron chi connectivity index (χ4n) is 2.19. The Morgan fingerprint density at radius 1 is 1.18 bits per heavy atom. The molecule has 0 aliphatic carbocycles. The number of fused-ring (bicyclic) bond motifs is 1. The van der Waals surface area contributed by atoms with Crippen LogP contribution < -0.4 is 10.6 Å². The number of carbonyl (C=O) groups excluding carboxylic acids is 2. The van der Waals surface area contributed by atoms with Crippen LogP contribution in [0.3, 0.4) is 0 Å². The molecular weight excluding hydrogens is 413 g/mol. The summed E-state index contributed by atoms with van der Waals surface area (Å²) < 4.78 is 38.3. The highest BCUT2D eigenvalue weighted by atomic mass is 32.2. The molecule has 0 saturated carbocycles. The Hall–Kier alpha value is -2.66. The number of amides is 2. The lowest BCUT2D eigenvalue weighted by molar-refractivity contribution is -0.137. The van der Waals surface area contributed by atoms with Gasteiger partial charge in [0.05, 0.1) is 26.6 Å². The molecule has 3 aromatic rings. The minimum Gasteiger partial charge on any atom is -0.326 e. The minimum atomic E-state index is -4.44. The Labute approximate surface area is 165 Å². The second-order valence-corrected chi connectivity index (χ2v) is 7.63. The van der Waals surface area contributed by atoms with E-state index in [-0.39, 0.29) is 17.6 Å². The number of rotatable bonds is 5. The second kappa shape index (κ2) is 8.15. The number of hydrogen-bond acceptors (Lipinski definition) is 6. The molecule has 2 heterocycles. The van der Waals surface area contributed by atoms with Gasteiger partial charge in [-0.05, 0) is 30.3 Å². The molecule has 2 aromatic heterocycles. The first-order chi connectivity index (χ1) is 13.2. The van der Waals surface area contributed by atoms with Gasteiger partial charge in [0.15, 0.2) is 5.13 Å². The molecule has 3 rings (SSSR count). The molecule has 0 bridgehead atoms. The summed E-state index contributed by atoms with van der Waals surface area (Å²) in [5, 5.41) is 6.02. The first kappa shape index (κ1) is 20.1. The Morgan fingerprint density at radius 2 is 1.96 bits per heavy atom. The summed E-state index contributed by atoms with van der Waals surface area (Å²) in [6, 6.07) is 7.34. The zero-order chi connectivity index (χ0) is 20.3. The third-order valence-corrected chi connectivity index (χ3v) is 5.25. The predicted octanol–water partition coefficient (Wildman–Crippen LogP) is 4.40. The summed E-state index contributed by atoms with van der Waals surface area (Å²) >= 11 is 2.27. The number of carbonyl (C=O) groups is 2. The number of pyridine rings is 1. The van der Waals surface area contributed by atoms with Crippen molar-refractivity contribution in [1.29, 1.82) is 0 Å². The fraction of sp³-hybridized carbons (Fsp3) is 0.176. The summed E-state index contributed by atoms with van der Waals surface area (Å²) in [7, 11) is 0. The van der Waals surface area contributed by atoms with Crippen LogP contribution in [0.2, 0.25) is 0 Å². The van der Waals surface area contributed by atoms with Gasteiger partial charge >= 0.3 is 6.18 Å². The molecule has 0 aliphatic heterocycles. The highest BCUT2D eigenvalue weighted by molar-refractivity contribution is 7.99. The standard InChI is InChI=1S/C17H13F3N4O2S2/c1-9(25)22-11-3-4-12-13(6-11)28-16(23-12)24-14(26)8-27-15-5-2-10(7-21-15)17(18,19)20/h2-7H,8H2,1H3,(H,22,25)(H,23,24,26). The van der Waals surface area contributed by atoms with E-state index in [2.05, 4.69) is 20.6 Å². The molecule has 0 spiro atoms. The number of benzene rings is 1. The molecule has 2 amide bonds. The largest absolute Gasteiger partial charge is 0.417 e. The lowest BCUT2D eigenvalue weighted by atomic mass is 10.3. The molecule has 0 aliphatic rings. The SMILES string of the molecule is CC(=O)Nc1ccc2nc(NC(=O)CSc3ccc(C(F)(F)F)cn3)sc2c1. The average Bonchev–Trinajstić information content (AvgIpc) is 3.00. The van der Waals surface area contributed by atoms with Crippen LogP contribution in [0, 0.1) is 0 Å². The molecule has 6 nitrogen and oxygen atoms in total. The van der Waals surface area contributed by atoms with Gasteiger partial charge in [-0.15, -0.1) is 0 Å². The average molecular weight is 426 g/mol. The van der Waals surface area contributed by atoms with E-state index in [4.69, 9.17) is 0 Å². The summed E-state index contributed by atoms with van der Waals surface area (Å²) in [6.07, 6.45) is -3.71. The molecule has 146 valence electrons. The summed E-state index contributed by atoms with van der Waals surface area (Å²) in [5.74, 6) is -0.565. The minimum absolute atomic E-state index is 0.0224. The van der Waals surface area contributed by atoms with Crippen LogP contribution in [0.4, 0.5) is 24.0 Å².